The van der Waals surface area contributed by atoms with Crippen LogP contribution in [0.1, 0.15) is 28.5 Å². The first kappa shape index (κ1) is 13.6. The monoisotopic (exact) mass is 304 g/mol. The topological polar surface area (TPSA) is 94.3 Å². The number of rotatable bonds is 4. The van der Waals surface area contributed by atoms with Crippen LogP contribution in [0, 0.1) is 0 Å². The van der Waals surface area contributed by atoms with Crippen LogP contribution in [0.3, 0.4) is 0 Å². The minimum absolute atomic E-state index is 0.160. The summed E-state index contributed by atoms with van der Waals surface area (Å²) in [6.45, 7) is 1.86. The van der Waals surface area contributed by atoms with Crippen molar-refractivity contribution in [3.8, 4) is 0 Å². The second-order valence-electron chi connectivity index (χ2n) is 4.23. The zero-order valence-electron chi connectivity index (χ0n) is 11.3. The first-order valence-corrected chi connectivity index (χ1v) is 6.96. The molecule has 0 saturated heterocycles. The van der Waals surface area contributed by atoms with Crippen LogP contribution in [0.4, 0.5) is 5.13 Å². The highest BCUT2D eigenvalue weighted by Crippen LogP contribution is 2.23. The van der Waals surface area contributed by atoms with Gasteiger partial charge in [-0.25, -0.2) is 9.97 Å². The molecule has 0 saturated carbocycles. The average molecular weight is 304 g/mol. The molecule has 1 amide bonds. The molecule has 0 radical (unpaired) electrons. The molecule has 3 rings (SSSR count). The molecule has 9 heteroatoms. The van der Waals surface area contributed by atoms with Crippen LogP contribution in [0.2, 0.25) is 0 Å². The van der Waals surface area contributed by atoms with E-state index >= 15 is 0 Å². The fourth-order valence-electron chi connectivity index (χ4n) is 1.65. The lowest BCUT2D eigenvalue weighted by Gasteiger charge is -2.02. The number of aromatic nitrogens is 5. The van der Waals surface area contributed by atoms with E-state index in [0.717, 1.165) is 0 Å². The Labute approximate surface area is 123 Å². The number of imidazole rings is 1. The SMILES string of the molecule is COC(C)c1nnc(NC(=O)c2cn3cccnc3n2)s1. The number of anilines is 1. The summed E-state index contributed by atoms with van der Waals surface area (Å²) in [5.74, 6) is 0.113. The van der Waals surface area contributed by atoms with E-state index in [2.05, 4.69) is 25.5 Å². The Morgan fingerprint density at radius 3 is 3.10 bits per heavy atom. The summed E-state index contributed by atoms with van der Waals surface area (Å²) in [4.78, 5) is 20.3. The predicted octanol–water partition coefficient (Wildman–Crippen LogP) is 1.54. The number of carbonyl (C=O) groups excluding carboxylic acids is 1. The van der Waals surface area contributed by atoms with Crippen molar-refractivity contribution in [1.82, 2.24) is 24.6 Å². The molecule has 0 aromatic carbocycles. The number of methoxy groups -OCH3 is 1. The normalized spacial score (nSPS) is 12.5. The maximum absolute atomic E-state index is 12.1. The molecule has 0 aliphatic rings. The van der Waals surface area contributed by atoms with Gasteiger partial charge in [0.25, 0.3) is 5.91 Å². The third-order valence-corrected chi connectivity index (χ3v) is 3.83. The van der Waals surface area contributed by atoms with Crippen molar-refractivity contribution in [3.63, 3.8) is 0 Å². The van der Waals surface area contributed by atoms with Gasteiger partial charge in [0.1, 0.15) is 16.8 Å². The average Bonchev–Trinajstić information content (AvgIpc) is 3.12. The van der Waals surface area contributed by atoms with Crippen molar-refractivity contribution >= 4 is 28.2 Å². The fraction of sp³-hybridized carbons (Fsp3) is 0.250. The summed E-state index contributed by atoms with van der Waals surface area (Å²) in [6, 6.07) is 1.76. The molecule has 0 aliphatic heterocycles. The second-order valence-corrected chi connectivity index (χ2v) is 5.24. The van der Waals surface area contributed by atoms with Gasteiger partial charge in [0.15, 0.2) is 0 Å². The zero-order chi connectivity index (χ0) is 14.8. The molecule has 21 heavy (non-hydrogen) atoms. The van der Waals surface area contributed by atoms with Gasteiger partial charge < -0.3 is 4.74 Å². The van der Waals surface area contributed by atoms with Gasteiger partial charge in [-0.1, -0.05) is 11.3 Å². The molecule has 1 atom stereocenters. The van der Waals surface area contributed by atoms with Crippen LogP contribution in [0.5, 0.6) is 0 Å². The number of nitrogens with zero attached hydrogens (tertiary/aromatic N) is 5. The largest absolute Gasteiger partial charge is 0.374 e. The van der Waals surface area contributed by atoms with Crippen molar-refractivity contribution in [3.05, 3.63) is 35.4 Å². The lowest BCUT2D eigenvalue weighted by atomic mass is 10.4. The quantitative estimate of drug-likeness (QED) is 0.785. The number of nitrogens with one attached hydrogen (secondary N) is 1. The molecular formula is C12H12N6O2S. The Kier molecular flexibility index (Phi) is 3.59. The van der Waals surface area contributed by atoms with Crippen molar-refractivity contribution in [2.45, 2.75) is 13.0 Å². The Morgan fingerprint density at radius 2 is 2.33 bits per heavy atom. The third-order valence-electron chi connectivity index (χ3n) is 2.83. The van der Waals surface area contributed by atoms with Crippen molar-refractivity contribution < 1.29 is 9.53 Å². The predicted molar refractivity (Wildman–Crippen MR) is 76.3 cm³/mol. The number of fused-ring (bicyclic) bond motifs is 1. The van der Waals surface area contributed by atoms with Gasteiger partial charge in [0.05, 0.1) is 0 Å². The molecule has 0 fully saturated rings. The number of ether oxygens (including phenoxy) is 1. The molecular weight excluding hydrogens is 292 g/mol. The van der Waals surface area contributed by atoms with E-state index < -0.39 is 0 Å². The highest BCUT2D eigenvalue weighted by atomic mass is 32.1. The smallest absolute Gasteiger partial charge is 0.277 e. The summed E-state index contributed by atoms with van der Waals surface area (Å²) in [5.41, 5.74) is 0.269. The Balaban J connectivity index is 1.78. The van der Waals surface area contributed by atoms with E-state index in [9.17, 15) is 4.79 Å². The molecule has 0 aliphatic carbocycles. The highest BCUT2D eigenvalue weighted by Gasteiger charge is 2.16. The lowest BCUT2D eigenvalue weighted by Crippen LogP contribution is -2.12. The molecule has 8 nitrogen and oxygen atoms in total. The Bertz CT molecular complexity index is 750. The maximum atomic E-state index is 12.1. The standard InChI is InChI=1S/C12H12N6O2S/c1-7(20-2)10-16-17-12(21-10)15-9(19)8-6-18-5-3-4-13-11(18)14-8/h3-7H,1-2H3,(H,15,17,19). The van der Waals surface area contributed by atoms with Crippen LogP contribution in [-0.2, 0) is 4.74 Å². The Hall–Kier alpha value is -2.39. The fourth-order valence-corrected chi connectivity index (χ4v) is 2.42. The van der Waals surface area contributed by atoms with Gasteiger partial charge in [-0.05, 0) is 13.0 Å². The van der Waals surface area contributed by atoms with Gasteiger partial charge >= 0.3 is 0 Å². The molecule has 3 aromatic rings. The van der Waals surface area contributed by atoms with Gasteiger partial charge in [-0.15, -0.1) is 10.2 Å². The van der Waals surface area contributed by atoms with Crippen LogP contribution >= 0.6 is 11.3 Å². The molecule has 0 bridgehead atoms. The summed E-state index contributed by atoms with van der Waals surface area (Å²) in [5, 5.41) is 11.6. The van der Waals surface area contributed by atoms with Crippen LogP contribution in [0.15, 0.2) is 24.7 Å². The first-order chi connectivity index (χ1) is 10.2. The zero-order valence-corrected chi connectivity index (χ0v) is 12.2. The number of carbonyl (C=O) groups is 1. The van der Waals surface area contributed by atoms with E-state index in [1.54, 1.807) is 36.2 Å². The van der Waals surface area contributed by atoms with Crippen LogP contribution in [0.25, 0.3) is 5.78 Å². The number of hydrogen-bond acceptors (Lipinski definition) is 7. The summed E-state index contributed by atoms with van der Waals surface area (Å²) < 4.78 is 6.82. The van der Waals surface area contributed by atoms with Gasteiger partial charge in [-0.2, -0.15) is 0 Å². The van der Waals surface area contributed by atoms with Crippen LogP contribution in [-0.4, -0.2) is 37.6 Å². The second kappa shape index (κ2) is 5.54. The van der Waals surface area contributed by atoms with Crippen molar-refractivity contribution in [1.29, 1.82) is 0 Å². The van der Waals surface area contributed by atoms with E-state index in [1.807, 2.05) is 6.92 Å². The van der Waals surface area contributed by atoms with E-state index in [4.69, 9.17) is 4.74 Å². The minimum atomic E-state index is -0.353. The first-order valence-electron chi connectivity index (χ1n) is 6.14. The van der Waals surface area contributed by atoms with Gasteiger partial charge in [0.2, 0.25) is 10.9 Å². The van der Waals surface area contributed by atoms with Crippen molar-refractivity contribution in [2.24, 2.45) is 0 Å². The Morgan fingerprint density at radius 1 is 1.48 bits per heavy atom. The molecule has 3 aromatic heterocycles. The van der Waals surface area contributed by atoms with Crippen molar-refractivity contribution in [2.75, 3.05) is 12.4 Å². The maximum Gasteiger partial charge on any atom is 0.277 e. The molecule has 108 valence electrons. The lowest BCUT2D eigenvalue weighted by molar-refractivity contribution is 0.102. The minimum Gasteiger partial charge on any atom is -0.374 e. The number of hydrogen-bond donors (Lipinski definition) is 1. The molecule has 3 heterocycles. The van der Waals surface area contributed by atoms with E-state index in [-0.39, 0.29) is 17.7 Å². The molecule has 0 spiro atoms. The van der Waals surface area contributed by atoms with Crippen LogP contribution < -0.4 is 5.32 Å². The summed E-state index contributed by atoms with van der Waals surface area (Å²) in [7, 11) is 1.59. The van der Waals surface area contributed by atoms with Gasteiger partial charge in [0, 0.05) is 25.7 Å². The van der Waals surface area contributed by atoms with E-state index in [1.165, 1.54) is 11.3 Å². The van der Waals surface area contributed by atoms with Gasteiger partial charge in [-0.3, -0.25) is 14.5 Å². The summed E-state index contributed by atoms with van der Waals surface area (Å²) in [6.07, 6.45) is 4.84. The third kappa shape index (κ3) is 2.73. The van der Waals surface area contributed by atoms with E-state index in [0.29, 0.717) is 15.9 Å². The highest BCUT2D eigenvalue weighted by molar-refractivity contribution is 7.15. The summed E-state index contributed by atoms with van der Waals surface area (Å²) >= 11 is 1.27. The molecule has 1 N–H and O–H groups in total. The molecule has 1 unspecified atom stereocenters. The number of amides is 1.